The third-order valence-electron chi connectivity index (χ3n) is 1.37. The summed E-state index contributed by atoms with van der Waals surface area (Å²) in [5, 5.41) is 10.6. The van der Waals surface area contributed by atoms with Crippen LogP contribution < -0.4 is 11.1 Å². The maximum absolute atomic E-state index is 10.7. The third kappa shape index (κ3) is 5.66. The maximum atomic E-state index is 10.7. The molecule has 1 atom stereocenters. The van der Waals surface area contributed by atoms with Gasteiger partial charge in [-0.1, -0.05) is 0 Å². The lowest BCUT2D eigenvalue weighted by Crippen LogP contribution is -2.43. The van der Waals surface area contributed by atoms with Crippen LogP contribution in [0.1, 0.15) is 19.8 Å². The number of rotatable bonds is 5. The second kappa shape index (κ2) is 5.13. The molecule has 4 N–H and O–H groups in total. The Kier molecular flexibility index (Phi) is 4.50. The Hall–Kier alpha value is -1.59. The average molecular weight is 188 g/mol. The van der Waals surface area contributed by atoms with E-state index >= 15 is 0 Å². The predicted octanol–water partition coefficient (Wildman–Crippen LogP) is -1.16. The van der Waals surface area contributed by atoms with Crippen LogP contribution >= 0.6 is 0 Å². The molecule has 0 aromatic heterocycles. The van der Waals surface area contributed by atoms with Crippen LogP contribution in [0.2, 0.25) is 0 Å². The van der Waals surface area contributed by atoms with Crippen LogP contribution in [-0.4, -0.2) is 28.9 Å². The number of nitrogens with two attached hydrogens (primary N) is 1. The topological polar surface area (TPSA) is 109 Å². The summed E-state index contributed by atoms with van der Waals surface area (Å²) >= 11 is 0. The summed E-state index contributed by atoms with van der Waals surface area (Å²) in [5.74, 6) is -2.16. The molecule has 1 unspecified atom stereocenters. The Labute approximate surface area is 75.1 Å². The van der Waals surface area contributed by atoms with Crippen molar-refractivity contribution in [2.24, 2.45) is 5.73 Å². The monoisotopic (exact) mass is 188 g/mol. The van der Waals surface area contributed by atoms with Crippen LogP contribution in [0.25, 0.3) is 0 Å². The zero-order chi connectivity index (χ0) is 10.4. The van der Waals surface area contributed by atoms with E-state index in [9.17, 15) is 14.4 Å². The van der Waals surface area contributed by atoms with Gasteiger partial charge in [0.2, 0.25) is 11.8 Å². The summed E-state index contributed by atoms with van der Waals surface area (Å²) in [7, 11) is 0. The van der Waals surface area contributed by atoms with Gasteiger partial charge in [-0.25, -0.2) is 0 Å². The van der Waals surface area contributed by atoms with Crippen molar-refractivity contribution in [2.75, 3.05) is 0 Å². The van der Waals surface area contributed by atoms with Crippen molar-refractivity contribution in [1.29, 1.82) is 0 Å². The highest BCUT2D eigenvalue weighted by molar-refractivity contribution is 5.86. The number of carboxylic acid groups (broad SMARTS) is 1. The smallest absolute Gasteiger partial charge is 0.303 e. The summed E-state index contributed by atoms with van der Waals surface area (Å²) < 4.78 is 0. The molecule has 0 spiro atoms. The van der Waals surface area contributed by atoms with Gasteiger partial charge in [0, 0.05) is 13.3 Å². The highest BCUT2D eigenvalue weighted by Crippen LogP contribution is 1.96. The molecule has 0 fully saturated rings. The number of aliphatic carboxylic acids is 1. The van der Waals surface area contributed by atoms with Gasteiger partial charge in [0.25, 0.3) is 0 Å². The van der Waals surface area contributed by atoms with Crippen molar-refractivity contribution in [3.63, 3.8) is 0 Å². The third-order valence-corrected chi connectivity index (χ3v) is 1.37. The minimum Gasteiger partial charge on any atom is -0.481 e. The van der Waals surface area contributed by atoms with Gasteiger partial charge in [-0.15, -0.1) is 0 Å². The maximum Gasteiger partial charge on any atom is 0.303 e. The highest BCUT2D eigenvalue weighted by Gasteiger charge is 2.16. The molecule has 0 radical (unpaired) electrons. The Morgan fingerprint density at radius 2 is 2.00 bits per heavy atom. The Morgan fingerprint density at radius 1 is 1.46 bits per heavy atom. The number of hydrogen-bond donors (Lipinski definition) is 3. The lowest BCUT2D eigenvalue weighted by atomic mass is 10.1. The standard InChI is InChI=1S/C7H12N2O4/c1-4(10)9-5(7(8)13)2-3-6(11)12/h5H,2-3H2,1H3,(H2,8,13)(H,9,10)(H,11,12). The quantitative estimate of drug-likeness (QED) is 0.505. The van der Waals surface area contributed by atoms with Gasteiger partial charge in [-0.2, -0.15) is 0 Å². The number of nitrogens with one attached hydrogen (secondary N) is 1. The van der Waals surface area contributed by atoms with Crippen LogP contribution in [-0.2, 0) is 14.4 Å². The van der Waals surface area contributed by atoms with Crippen LogP contribution in [0.3, 0.4) is 0 Å². The highest BCUT2D eigenvalue weighted by atomic mass is 16.4. The van der Waals surface area contributed by atoms with Crippen molar-refractivity contribution in [2.45, 2.75) is 25.8 Å². The van der Waals surface area contributed by atoms with Crippen molar-refractivity contribution in [3.8, 4) is 0 Å². The minimum absolute atomic E-state index is 0.0181. The molecule has 6 heteroatoms. The molecule has 74 valence electrons. The fraction of sp³-hybridized carbons (Fsp3) is 0.571. The van der Waals surface area contributed by atoms with E-state index in [1.807, 2.05) is 0 Å². The number of carbonyl (C=O) groups is 3. The molecule has 6 nitrogen and oxygen atoms in total. The summed E-state index contributed by atoms with van der Waals surface area (Å²) in [6.07, 6.45) is -0.182. The van der Waals surface area contributed by atoms with Crippen molar-refractivity contribution in [3.05, 3.63) is 0 Å². The fourth-order valence-corrected chi connectivity index (χ4v) is 0.799. The largest absolute Gasteiger partial charge is 0.481 e. The molecule has 0 aliphatic rings. The Bertz CT molecular complexity index is 227. The molecule has 2 amide bonds. The second-order valence-corrected chi connectivity index (χ2v) is 2.59. The molecule has 0 bridgehead atoms. The van der Waals surface area contributed by atoms with Crippen molar-refractivity contribution < 1.29 is 19.5 Å². The lowest BCUT2D eigenvalue weighted by molar-refractivity contribution is -0.137. The first kappa shape index (κ1) is 11.4. The van der Waals surface area contributed by atoms with Crippen molar-refractivity contribution in [1.82, 2.24) is 5.32 Å². The Balaban J connectivity index is 4.02. The minimum atomic E-state index is -1.03. The summed E-state index contributed by atoms with van der Waals surface area (Å²) in [6.45, 7) is 1.23. The number of amides is 2. The fourth-order valence-electron chi connectivity index (χ4n) is 0.799. The SMILES string of the molecule is CC(=O)NC(CCC(=O)O)C(N)=O. The zero-order valence-electron chi connectivity index (χ0n) is 7.24. The summed E-state index contributed by atoms with van der Waals surface area (Å²) in [4.78, 5) is 31.3. The van der Waals surface area contributed by atoms with Crippen LogP contribution in [0.15, 0.2) is 0 Å². The first-order valence-electron chi connectivity index (χ1n) is 3.71. The van der Waals surface area contributed by atoms with E-state index in [1.54, 1.807) is 0 Å². The van der Waals surface area contributed by atoms with Crippen LogP contribution in [0.4, 0.5) is 0 Å². The molecule has 13 heavy (non-hydrogen) atoms. The van der Waals surface area contributed by atoms with E-state index in [4.69, 9.17) is 10.8 Å². The molecule has 0 saturated carbocycles. The molecule has 0 rings (SSSR count). The number of carbonyl (C=O) groups excluding carboxylic acids is 2. The first-order chi connectivity index (χ1) is 5.93. The normalized spacial score (nSPS) is 11.8. The molecular weight excluding hydrogens is 176 g/mol. The average Bonchev–Trinajstić information content (AvgIpc) is 1.96. The number of carboxylic acids is 1. The second-order valence-electron chi connectivity index (χ2n) is 2.59. The summed E-state index contributed by atoms with van der Waals surface area (Å²) in [5.41, 5.74) is 4.92. The van der Waals surface area contributed by atoms with Gasteiger partial charge in [-0.05, 0) is 6.42 Å². The molecule has 0 aliphatic carbocycles. The van der Waals surface area contributed by atoms with Crippen molar-refractivity contribution >= 4 is 17.8 Å². The number of primary amides is 1. The van der Waals surface area contributed by atoms with E-state index < -0.39 is 23.8 Å². The van der Waals surface area contributed by atoms with E-state index in [0.29, 0.717) is 0 Å². The van der Waals surface area contributed by atoms with E-state index in [1.165, 1.54) is 6.92 Å². The van der Waals surface area contributed by atoms with Gasteiger partial charge in [-0.3, -0.25) is 14.4 Å². The van der Waals surface area contributed by atoms with Gasteiger partial charge < -0.3 is 16.2 Å². The van der Waals surface area contributed by atoms with Crippen LogP contribution in [0, 0.1) is 0 Å². The van der Waals surface area contributed by atoms with Gasteiger partial charge in [0.05, 0.1) is 0 Å². The molecule has 0 heterocycles. The van der Waals surface area contributed by atoms with E-state index in [-0.39, 0.29) is 12.8 Å². The molecular formula is C7H12N2O4. The van der Waals surface area contributed by atoms with Gasteiger partial charge in [0.15, 0.2) is 0 Å². The molecule has 0 aromatic carbocycles. The van der Waals surface area contributed by atoms with Crippen LogP contribution in [0.5, 0.6) is 0 Å². The lowest BCUT2D eigenvalue weighted by Gasteiger charge is -2.12. The molecule has 0 saturated heterocycles. The first-order valence-corrected chi connectivity index (χ1v) is 3.71. The summed E-state index contributed by atoms with van der Waals surface area (Å²) in [6, 6.07) is -0.895. The predicted molar refractivity (Wildman–Crippen MR) is 43.7 cm³/mol. The van der Waals surface area contributed by atoms with E-state index in [2.05, 4.69) is 5.32 Å². The molecule has 0 aliphatic heterocycles. The van der Waals surface area contributed by atoms with Gasteiger partial charge in [0.1, 0.15) is 6.04 Å². The molecule has 0 aromatic rings. The van der Waals surface area contributed by atoms with E-state index in [0.717, 1.165) is 0 Å². The van der Waals surface area contributed by atoms with Gasteiger partial charge >= 0.3 is 5.97 Å². The Morgan fingerprint density at radius 3 is 2.31 bits per heavy atom. The number of hydrogen-bond acceptors (Lipinski definition) is 3. The zero-order valence-corrected chi connectivity index (χ0v) is 7.24.